The lowest BCUT2D eigenvalue weighted by molar-refractivity contribution is -0.120. The summed E-state index contributed by atoms with van der Waals surface area (Å²) >= 11 is 0. The molecule has 20 heavy (non-hydrogen) atoms. The van der Waals surface area contributed by atoms with E-state index in [0.717, 1.165) is 11.3 Å². The monoisotopic (exact) mass is 273 g/mol. The summed E-state index contributed by atoms with van der Waals surface area (Å²) in [7, 11) is 0. The summed E-state index contributed by atoms with van der Waals surface area (Å²) in [5, 5.41) is 16.1. The number of benzene rings is 1. The van der Waals surface area contributed by atoms with Crippen molar-refractivity contribution in [3.05, 3.63) is 48.3 Å². The van der Waals surface area contributed by atoms with Gasteiger partial charge < -0.3 is 10.4 Å². The first-order valence-corrected chi connectivity index (χ1v) is 6.69. The highest BCUT2D eigenvalue weighted by molar-refractivity contribution is 5.78. The summed E-state index contributed by atoms with van der Waals surface area (Å²) in [5.74, 6) is -0.0301. The first kappa shape index (κ1) is 14.3. The highest BCUT2D eigenvalue weighted by Gasteiger charge is 2.04. The number of hydrogen-bond acceptors (Lipinski definition) is 3. The van der Waals surface area contributed by atoms with E-state index in [2.05, 4.69) is 10.4 Å². The molecule has 0 aliphatic rings. The predicted molar refractivity (Wildman–Crippen MR) is 76.6 cm³/mol. The van der Waals surface area contributed by atoms with Crippen LogP contribution in [-0.2, 0) is 11.2 Å². The van der Waals surface area contributed by atoms with Crippen molar-refractivity contribution in [2.45, 2.75) is 25.9 Å². The average Bonchev–Trinajstić information content (AvgIpc) is 2.93. The van der Waals surface area contributed by atoms with Gasteiger partial charge in [-0.3, -0.25) is 4.79 Å². The van der Waals surface area contributed by atoms with E-state index in [4.69, 9.17) is 5.11 Å². The predicted octanol–water partition coefficient (Wildman–Crippen LogP) is 1.30. The molecule has 1 aromatic carbocycles. The molecule has 1 atom stereocenters. The summed E-state index contributed by atoms with van der Waals surface area (Å²) in [6, 6.07) is 9.58. The van der Waals surface area contributed by atoms with Crippen molar-refractivity contribution < 1.29 is 9.90 Å². The molecule has 2 aromatic rings. The van der Waals surface area contributed by atoms with Crippen molar-refractivity contribution in [1.82, 2.24) is 15.1 Å². The average molecular weight is 273 g/mol. The van der Waals surface area contributed by atoms with Gasteiger partial charge in [-0.25, -0.2) is 4.68 Å². The number of nitrogens with one attached hydrogen (secondary N) is 1. The first-order valence-electron chi connectivity index (χ1n) is 6.69. The second-order valence-corrected chi connectivity index (χ2v) is 4.78. The number of nitrogens with zero attached hydrogens (tertiary/aromatic N) is 2. The zero-order valence-corrected chi connectivity index (χ0v) is 11.5. The molecule has 2 rings (SSSR count). The fourth-order valence-corrected chi connectivity index (χ4v) is 1.86. The fourth-order valence-electron chi connectivity index (χ4n) is 1.86. The van der Waals surface area contributed by atoms with Crippen LogP contribution in [0, 0.1) is 0 Å². The minimum Gasteiger partial charge on any atom is -0.393 e. The SMILES string of the molecule is CC(O)CCNC(=O)Cc1ccc(-n2cccn2)cc1. The molecule has 1 amide bonds. The number of hydrogen-bond donors (Lipinski definition) is 2. The van der Waals surface area contributed by atoms with Crippen LogP contribution >= 0.6 is 0 Å². The third kappa shape index (κ3) is 4.20. The topological polar surface area (TPSA) is 67.2 Å². The molecule has 0 radical (unpaired) electrons. The molecule has 0 aliphatic heterocycles. The van der Waals surface area contributed by atoms with Gasteiger partial charge in [-0.2, -0.15) is 5.10 Å². The number of carbonyl (C=O) groups excluding carboxylic acids is 1. The standard InChI is InChI=1S/C15H19N3O2/c1-12(19)7-9-16-15(20)11-13-3-5-14(6-4-13)18-10-2-8-17-18/h2-6,8,10,12,19H,7,9,11H2,1H3,(H,16,20). The molecule has 0 saturated carbocycles. The Bertz CT molecular complexity index is 533. The number of carbonyl (C=O) groups is 1. The van der Waals surface area contributed by atoms with Crippen LogP contribution in [0.5, 0.6) is 0 Å². The van der Waals surface area contributed by atoms with Crippen LogP contribution < -0.4 is 5.32 Å². The Morgan fingerprint density at radius 3 is 2.75 bits per heavy atom. The van der Waals surface area contributed by atoms with E-state index in [9.17, 15) is 4.79 Å². The Labute approximate surface area is 118 Å². The van der Waals surface area contributed by atoms with Gasteiger partial charge in [0.25, 0.3) is 0 Å². The summed E-state index contributed by atoms with van der Waals surface area (Å²) in [6.07, 6.45) is 4.13. The lowest BCUT2D eigenvalue weighted by atomic mass is 10.1. The summed E-state index contributed by atoms with van der Waals surface area (Å²) in [6.45, 7) is 2.21. The molecule has 0 spiro atoms. The van der Waals surface area contributed by atoms with Crippen LogP contribution in [0.3, 0.4) is 0 Å². The second-order valence-electron chi connectivity index (χ2n) is 4.78. The molecule has 5 nitrogen and oxygen atoms in total. The van der Waals surface area contributed by atoms with Crippen LogP contribution in [0.25, 0.3) is 5.69 Å². The highest BCUT2D eigenvalue weighted by Crippen LogP contribution is 2.09. The molecule has 5 heteroatoms. The van der Waals surface area contributed by atoms with E-state index in [-0.39, 0.29) is 12.0 Å². The Morgan fingerprint density at radius 1 is 1.40 bits per heavy atom. The van der Waals surface area contributed by atoms with Gasteiger partial charge in [0.05, 0.1) is 18.2 Å². The first-order chi connectivity index (χ1) is 9.65. The van der Waals surface area contributed by atoms with E-state index >= 15 is 0 Å². The van der Waals surface area contributed by atoms with Gasteiger partial charge in [0.2, 0.25) is 5.91 Å². The van der Waals surface area contributed by atoms with Gasteiger partial charge in [-0.1, -0.05) is 12.1 Å². The van der Waals surface area contributed by atoms with Crippen molar-refractivity contribution in [2.24, 2.45) is 0 Å². The largest absolute Gasteiger partial charge is 0.393 e. The minimum absolute atomic E-state index is 0.0301. The van der Waals surface area contributed by atoms with E-state index in [1.807, 2.05) is 36.5 Å². The second kappa shape index (κ2) is 6.86. The summed E-state index contributed by atoms with van der Waals surface area (Å²) < 4.78 is 1.77. The Morgan fingerprint density at radius 2 is 2.15 bits per heavy atom. The van der Waals surface area contributed by atoms with E-state index in [1.54, 1.807) is 17.8 Å². The molecule has 106 valence electrons. The van der Waals surface area contributed by atoms with Crippen molar-refractivity contribution in [3.8, 4) is 5.69 Å². The molecular weight excluding hydrogens is 254 g/mol. The maximum absolute atomic E-state index is 11.7. The number of aliphatic hydroxyl groups excluding tert-OH is 1. The number of aromatic nitrogens is 2. The summed E-state index contributed by atoms with van der Waals surface area (Å²) in [5.41, 5.74) is 1.92. The van der Waals surface area contributed by atoms with E-state index < -0.39 is 0 Å². The van der Waals surface area contributed by atoms with Gasteiger partial charge in [-0.05, 0) is 37.1 Å². The smallest absolute Gasteiger partial charge is 0.224 e. The van der Waals surface area contributed by atoms with E-state index in [1.165, 1.54) is 0 Å². The third-order valence-corrected chi connectivity index (χ3v) is 2.95. The zero-order chi connectivity index (χ0) is 14.4. The lowest BCUT2D eigenvalue weighted by Gasteiger charge is -2.07. The number of aliphatic hydroxyl groups is 1. The Balaban J connectivity index is 1.86. The van der Waals surface area contributed by atoms with Gasteiger partial charge in [0.1, 0.15) is 0 Å². The molecule has 0 bridgehead atoms. The van der Waals surface area contributed by atoms with Crippen molar-refractivity contribution >= 4 is 5.91 Å². The van der Waals surface area contributed by atoms with Crippen molar-refractivity contribution in [2.75, 3.05) is 6.54 Å². The van der Waals surface area contributed by atoms with Gasteiger partial charge >= 0.3 is 0 Å². The summed E-state index contributed by atoms with van der Waals surface area (Å²) in [4.78, 5) is 11.7. The molecule has 0 aliphatic carbocycles. The number of rotatable bonds is 6. The lowest BCUT2D eigenvalue weighted by Crippen LogP contribution is -2.27. The molecule has 1 unspecified atom stereocenters. The van der Waals surface area contributed by atoms with Crippen LogP contribution in [0.1, 0.15) is 18.9 Å². The fraction of sp³-hybridized carbons (Fsp3) is 0.333. The third-order valence-electron chi connectivity index (χ3n) is 2.95. The maximum atomic E-state index is 11.7. The molecule has 2 N–H and O–H groups in total. The molecular formula is C15H19N3O2. The van der Waals surface area contributed by atoms with Gasteiger partial charge in [0.15, 0.2) is 0 Å². The Kier molecular flexibility index (Phi) is 4.90. The van der Waals surface area contributed by atoms with Gasteiger partial charge in [-0.15, -0.1) is 0 Å². The van der Waals surface area contributed by atoms with Crippen LogP contribution in [0.4, 0.5) is 0 Å². The molecule has 0 fully saturated rings. The Hall–Kier alpha value is -2.14. The molecule has 1 aromatic heterocycles. The van der Waals surface area contributed by atoms with Crippen LogP contribution in [0.15, 0.2) is 42.7 Å². The minimum atomic E-state index is -0.386. The quantitative estimate of drug-likeness (QED) is 0.833. The maximum Gasteiger partial charge on any atom is 0.224 e. The normalized spacial score (nSPS) is 12.1. The van der Waals surface area contributed by atoms with Crippen molar-refractivity contribution in [1.29, 1.82) is 0 Å². The molecule has 0 saturated heterocycles. The zero-order valence-electron chi connectivity index (χ0n) is 11.5. The van der Waals surface area contributed by atoms with E-state index in [0.29, 0.717) is 19.4 Å². The highest BCUT2D eigenvalue weighted by atomic mass is 16.3. The van der Waals surface area contributed by atoms with Crippen molar-refractivity contribution in [3.63, 3.8) is 0 Å². The number of amides is 1. The molecule has 1 heterocycles. The van der Waals surface area contributed by atoms with Crippen LogP contribution in [0.2, 0.25) is 0 Å². The van der Waals surface area contributed by atoms with Crippen LogP contribution in [-0.4, -0.2) is 33.4 Å². The van der Waals surface area contributed by atoms with Gasteiger partial charge in [0, 0.05) is 18.9 Å².